The summed E-state index contributed by atoms with van der Waals surface area (Å²) in [5, 5.41) is 12.7. The van der Waals surface area contributed by atoms with Crippen LogP contribution in [0.25, 0.3) is 0 Å². The normalized spacial score (nSPS) is 19.0. The van der Waals surface area contributed by atoms with Crippen LogP contribution in [-0.4, -0.2) is 59.3 Å². The van der Waals surface area contributed by atoms with Gasteiger partial charge in [-0.25, -0.2) is 4.98 Å². The molecule has 1 atom stereocenters. The maximum Gasteiger partial charge on any atom is 0.122 e. The highest BCUT2D eigenvalue weighted by Crippen LogP contribution is 2.26. The molecule has 0 spiro atoms. The molecule has 1 N–H and O–H groups in total. The quantitative estimate of drug-likeness (QED) is 0.806. The molecule has 1 aliphatic rings. The van der Waals surface area contributed by atoms with E-state index in [0.717, 1.165) is 44.9 Å². The molecule has 5 nitrogen and oxygen atoms in total. The van der Waals surface area contributed by atoms with Gasteiger partial charge in [0, 0.05) is 50.4 Å². The summed E-state index contributed by atoms with van der Waals surface area (Å²) in [5.41, 5.74) is 3.86. The first-order valence-electron chi connectivity index (χ1n) is 9.21. The van der Waals surface area contributed by atoms with Gasteiger partial charge in [-0.3, -0.25) is 9.80 Å². The third-order valence-corrected chi connectivity index (χ3v) is 6.20. The second-order valence-corrected chi connectivity index (χ2v) is 7.95. The molecule has 0 unspecified atom stereocenters. The van der Waals surface area contributed by atoms with E-state index in [2.05, 4.69) is 40.8 Å². The van der Waals surface area contributed by atoms with Crippen LogP contribution in [0.3, 0.4) is 0 Å². The fraction of sp³-hybridized carbons (Fsp3) is 0.550. The van der Waals surface area contributed by atoms with Gasteiger partial charge in [0.05, 0.1) is 13.7 Å². The number of hydrogen-bond acceptors (Lipinski definition) is 6. The van der Waals surface area contributed by atoms with Crippen molar-refractivity contribution < 1.29 is 9.84 Å². The van der Waals surface area contributed by atoms with Crippen LogP contribution in [0.4, 0.5) is 0 Å². The number of ether oxygens (including phenoxy) is 1. The lowest BCUT2D eigenvalue weighted by molar-refractivity contribution is 0.0498. The van der Waals surface area contributed by atoms with Crippen LogP contribution in [0.5, 0.6) is 5.75 Å². The number of thiazole rings is 1. The van der Waals surface area contributed by atoms with Gasteiger partial charge in [0.1, 0.15) is 10.8 Å². The number of rotatable bonds is 7. The van der Waals surface area contributed by atoms with Crippen molar-refractivity contribution in [2.75, 3.05) is 33.4 Å². The number of nitrogens with zero attached hydrogens (tertiary/aromatic N) is 3. The average Bonchev–Trinajstić information content (AvgIpc) is 3.14. The smallest absolute Gasteiger partial charge is 0.122 e. The first-order chi connectivity index (χ1) is 12.6. The molecule has 2 heterocycles. The molecule has 0 radical (unpaired) electrons. The number of benzene rings is 1. The monoisotopic (exact) mass is 375 g/mol. The Morgan fingerprint density at radius 3 is 2.77 bits per heavy atom. The zero-order valence-electron chi connectivity index (χ0n) is 15.9. The summed E-state index contributed by atoms with van der Waals surface area (Å²) in [7, 11) is 1.72. The minimum atomic E-state index is 0.229. The lowest BCUT2D eigenvalue weighted by Gasteiger charge is -2.41. The van der Waals surface area contributed by atoms with Gasteiger partial charge in [-0.05, 0) is 43.0 Å². The maximum absolute atomic E-state index is 9.54. The molecule has 2 aromatic rings. The number of piperazine rings is 1. The number of aromatic nitrogens is 1. The summed E-state index contributed by atoms with van der Waals surface area (Å²) in [6.07, 6.45) is 2.68. The Balaban J connectivity index is 1.68. The second kappa shape index (κ2) is 8.95. The third-order valence-electron chi connectivity index (χ3n) is 5.44. The SMILES string of the molecule is COc1ccc(CN2CCN(Cc3nccs3)C[C@H]2CCO)c(C)c1C. The predicted octanol–water partition coefficient (Wildman–Crippen LogP) is 2.84. The Labute approximate surface area is 160 Å². The predicted molar refractivity (Wildman–Crippen MR) is 106 cm³/mol. The zero-order valence-corrected chi connectivity index (χ0v) is 16.8. The van der Waals surface area contributed by atoms with Crippen molar-refractivity contribution in [1.82, 2.24) is 14.8 Å². The van der Waals surface area contributed by atoms with E-state index in [0.29, 0.717) is 6.04 Å². The summed E-state index contributed by atoms with van der Waals surface area (Å²) in [4.78, 5) is 9.38. The van der Waals surface area contributed by atoms with Crippen LogP contribution < -0.4 is 4.74 Å². The fourth-order valence-corrected chi connectivity index (χ4v) is 4.37. The zero-order chi connectivity index (χ0) is 18.5. The van der Waals surface area contributed by atoms with E-state index in [9.17, 15) is 5.11 Å². The van der Waals surface area contributed by atoms with Crippen molar-refractivity contribution in [3.05, 3.63) is 45.4 Å². The largest absolute Gasteiger partial charge is 0.496 e. The molecule has 26 heavy (non-hydrogen) atoms. The summed E-state index contributed by atoms with van der Waals surface area (Å²) in [6.45, 7) is 9.39. The van der Waals surface area contributed by atoms with E-state index in [1.165, 1.54) is 21.7 Å². The first-order valence-corrected chi connectivity index (χ1v) is 10.1. The van der Waals surface area contributed by atoms with Crippen LogP contribution >= 0.6 is 11.3 Å². The number of methoxy groups -OCH3 is 1. The number of aliphatic hydroxyl groups is 1. The Kier molecular flexibility index (Phi) is 6.64. The summed E-state index contributed by atoms with van der Waals surface area (Å²) >= 11 is 1.71. The Bertz CT molecular complexity index is 705. The Morgan fingerprint density at radius 1 is 1.23 bits per heavy atom. The molecule has 1 aromatic heterocycles. The summed E-state index contributed by atoms with van der Waals surface area (Å²) in [5.74, 6) is 0.950. The van der Waals surface area contributed by atoms with Gasteiger partial charge in [-0.2, -0.15) is 0 Å². The van der Waals surface area contributed by atoms with Crippen molar-refractivity contribution >= 4 is 11.3 Å². The molecule has 3 rings (SSSR count). The summed E-state index contributed by atoms with van der Waals surface area (Å²) < 4.78 is 5.44. The molecule has 0 amide bonds. The van der Waals surface area contributed by atoms with Crippen LogP contribution in [0.1, 0.15) is 28.1 Å². The van der Waals surface area contributed by atoms with Crippen molar-refractivity contribution in [2.45, 2.75) is 39.4 Å². The molecule has 142 valence electrons. The van der Waals surface area contributed by atoms with Crippen LogP contribution in [-0.2, 0) is 13.1 Å². The van der Waals surface area contributed by atoms with E-state index in [4.69, 9.17) is 4.74 Å². The van der Waals surface area contributed by atoms with Crippen molar-refractivity contribution in [3.8, 4) is 5.75 Å². The molecule has 6 heteroatoms. The van der Waals surface area contributed by atoms with Crippen LogP contribution in [0.15, 0.2) is 23.7 Å². The second-order valence-electron chi connectivity index (χ2n) is 6.97. The molecule has 0 bridgehead atoms. The average molecular weight is 376 g/mol. The highest BCUT2D eigenvalue weighted by atomic mass is 32.1. The topological polar surface area (TPSA) is 48.8 Å². The minimum absolute atomic E-state index is 0.229. The van der Waals surface area contributed by atoms with Crippen molar-refractivity contribution in [3.63, 3.8) is 0 Å². The van der Waals surface area contributed by atoms with E-state index in [1.807, 2.05) is 11.6 Å². The third kappa shape index (κ3) is 4.43. The number of hydrogen-bond donors (Lipinski definition) is 1. The van der Waals surface area contributed by atoms with E-state index in [1.54, 1.807) is 18.4 Å². The molecule has 1 saturated heterocycles. The van der Waals surface area contributed by atoms with Gasteiger partial charge < -0.3 is 9.84 Å². The molecule has 0 aliphatic carbocycles. The molecular formula is C20H29N3O2S. The molecule has 1 fully saturated rings. The highest BCUT2D eigenvalue weighted by Gasteiger charge is 2.27. The molecule has 0 saturated carbocycles. The van der Waals surface area contributed by atoms with Crippen molar-refractivity contribution in [1.29, 1.82) is 0 Å². The molecular weight excluding hydrogens is 346 g/mol. The van der Waals surface area contributed by atoms with Gasteiger partial charge in [0.15, 0.2) is 0 Å². The Hall–Kier alpha value is -1.47. The van der Waals surface area contributed by atoms with E-state index in [-0.39, 0.29) is 6.61 Å². The molecule has 1 aliphatic heterocycles. The maximum atomic E-state index is 9.54. The highest BCUT2D eigenvalue weighted by molar-refractivity contribution is 7.09. The molecule has 1 aromatic carbocycles. The van der Waals surface area contributed by atoms with Gasteiger partial charge in [-0.15, -0.1) is 11.3 Å². The lowest BCUT2D eigenvalue weighted by Crippen LogP contribution is -2.52. The first kappa shape index (κ1) is 19.3. The standard InChI is InChI=1S/C20H29N3O2S/c1-15-16(2)19(25-3)5-4-17(15)12-23-9-8-22(13-18(23)6-10-24)14-20-21-7-11-26-20/h4-5,7,11,18,24H,6,8-10,12-14H2,1-3H3/t18-/m1/s1. The van der Waals surface area contributed by atoms with Gasteiger partial charge in [0.2, 0.25) is 0 Å². The lowest BCUT2D eigenvalue weighted by atomic mass is 10.00. The van der Waals surface area contributed by atoms with Gasteiger partial charge >= 0.3 is 0 Å². The van der Waals surface area contributed by atoms with E-state index < -0.39 is 0 Å². The fourth-order valence-electron chi connectivity index (χ4n) is 3.72. The van der Waals surface area contributed by atoms with Gasteiger partial charge in [0.25, 0.3) is 0 Å². The number of aliphatic hydroxyl groups excluding tert-OH is 1. The Morgan fingerprint density at radius 2 is 2.08 bits per heavy atom. The van der Waals surface area contributed by atoms with Gasteiger partial charge in [-0.1, -0.05) is 6.07 Å². The van der Waals surface area contributed by atoms with Crippen LogP contribution in [0.2, 0.25) is 0 Å². The summed E-state index contributed by atoms with van der Waals surface area (Å²) in [6, 6.07) is 4.62. The van der Waals surface area contributed by atoms with Crippen molar-refractivity contribution in [2.24, 2.45) is 0 Å². The minimum Gasteiger partial charge on any atom is -0.496 e. The van der Waals surface area contributed by atoms with E-state index >= 15 is 0 Å². The van der Waals surface area contributed by atoms with Crippen LogP contribution in [0, 0.1) is 13.8 Å².